The van der Waals surface area contributed by atoms with E-state index in [1.807, 2.05) is 51.7 Å². The van der Waals surface area contributed by atoms with Gasteiger partial charge in [0.25, 0.3) is 0 Å². The van der Waals surface area contributed by atoms with Gasteiger partial charge in [0.05, 0.1) is 22.5 Å². The Morgan fingerprint density at radius 1 is 1.12 bits per heavy atom. The van der Waals surface area contributed by atoms with Crippen molar-refractivity contribution in [2.24, 2.45) is 0 Å². The molecule has 206 valence electrons. The van der Waals surface area contributed by atoms with Gasteiger partial charge in [-0.25, -0.2) is 18.7 Å². The lowest BCUT2D eigenvalue weighted by molar-refractivity contribution is -0.126. The molecule has 5 rings (SSSR count). The Kier molecular flexibility index (Phi) is 7.23. The topological polar surface area (TPSA) is 84.2 Å². The maximum atomic E-state index is 15.0. The molecule has 40 heavy (non-hydrogen) atoms. The summed E-state index contributed by atoms with van der Waals surface area (Å²) in [6, 6.07) is 10.2. The van der Waals surface area contributed by atoms with Crippen molar-refractivity contribution in [3.63, 3.8) is 0 Å². The molecule has 0 aliphatic carbocycles. The van der Waals surface area contributed by atoms with E-state index in [2.05, 4.69) is 16.5 Å². The summed E-state index contributed by atoms with van der Waals surface area (Å²) >= 11 is 0. The number of benzene rings is 1. The van der Waals surface area contributed by atoms with Gasteiger partial charge in [-0.3, -0.25) is 9.78 Å². The van der Waals surface area contributed by atoms with Crippen LogP contribution in [0, 0.1) is 19.7 Å². The number of carbonyl (C=O) groups excluding carboxylic acids is 1. The number of halogens is 1. The minimum Gasteiger partial charge on any atom is -0.350 e. The third-order valence-electron chi connectivity index (χ3n) is 7.48. The summed E-state index contributed by atoms with van der Waals surface area (Å²) < 4.78 is 16.5. The normalized spacial score (nSPS) is 15.6. The summed E-state index contributed by atoms with van der Waals surface area (Å²) in [6.07, 6.45) is 3.05. The number of hydrogen-bond acceptors (Lipinski definition) is 6. The van der Waals surface area contributed by atoms with E-state index in [0.717, 1.165) is 16.8 Å². The molecule has 1 aromatic carbocycles. The highest BCUT2D eigenvalue weighted by Crippen LogP contribution is 2.34. The maximum Gasteiger partial charge on any atom is 0.355 e. The van der Waals surface area contributed by atoms with Crippen molar-refractivity contribution in [2.45, 2.75) is 46.6 Å². The lowest BCUT2D eigenvalue weighted by Crippen LogP contribution is -2.54. The second kappa shape index (κ2) is 10.6. The summed E-state index contributed by atoms with van der Waals surface area (Å²) in [5.74, 6) is 0.0130. The monoisotopic (exact) mass is 540 g/mol. The van der Waals surface area contributed by atoms with Gasteiger partial charge in [0, 0.05) is 37.4 Å². The number of carbonyl (C=O) groups is 1. The van der Waals surface area contributed by atoms with E-state index >= 15 is 0 Å². The maximum absolute atomic E-state index is 15.0. The number of aryl methyl sites for hydroxylation is 2. The molecule has 3 aromatic heterocycles. The number of fused-ring (bicyclic) bond motifs is 1. The molecule has 0 bridgehead atoms. The molecule has 8 nitrogen and oxygen atoms in total. The highest BCUT2D eigenvalue weighted by atomic mass is 19.1. The highest BCUT2D eigenvalue weighted by Gasteiger charge is 2.30. The van der Waals surface area contributed by atoms with E-state index in [4.69, 9.17) is 4.98 Å². The highest BCUT2D eigenvalue weighted by molar-refractivity contribution is 5.92. The first-order valence-electron chi connectivity index (χ1n) is 13.5. The molecule has 1 saturated heterocycles. The zero-order valence-electron chi connectivity index (χ0n) is 23.5. The first-order valence-corrected chi connectivity index (χ1v) is 13.5. The van der Waals surface area contributed by atoms with Crippen LogP contribution in [0.5, 0.6) is 0 Å². The molecule has 4 aromatic rings. The van der Waals surface area contributed by atoms with Crippen LogP contribution in [0.15, 0.2) is 60.0 Å². The molecule has 0 saturated carbocycles. The lowest BCUT2D eigenvalue weighted by Gasteiger charge is -2.40. The SMILES string of the molecule is C=CC(=O)N1CCN(c2nc(=O)n(-c3c(C)ccnc3C(C)C)c3nc(-c4ccccc4F)c(C)cc23)[C@@H](C)C1. The van der Waals surface area contributed by atoms with Crippen LogP contribution in [-0.2, 0) is 4.79 Å². The third-order valence-corrected chi connectivity index (χ3v) is 7.48. The predicted molar refractivity (Wildman–Crippen MR) is 155 cm³/mol. The van der Waals surface area contributed by atoms with Crippen LogP contribution in [-0.4, -0.2) is 56.0 Å². The number of anilines is 1. The number of aromatic nitrogens is 4. The molecular formula is C31H33FN6O2. The van der Waals surface area contributed by atoms with Gasteiger partial charge in [-0.15, -0.1) is 0 Å². The Hall–Kier alpha value is -4.40. The fourth-order valence-electron chi connectivity index (χ4n) is 5.46. The van der Waals surface area contributed by atoms with Gasteiger partial charge < -0.3 is 9.80 Å². The van der Waals surface area contributed by atoms with Crippen LogP contribution in [0.1, 0.15) is 43.5 Å². The van der Waals surface area contributed by atoms with Crippen molar-refractivity contribution in [3.05, 3.63) is 88.4 Å². The van der Waals surface area contributed by atoms with Gasteiger partial charge in [0.2, 0.25) is 5.91 Å². The van der Waals surface area contributed by atoms with Gasteiger partial charge in [0.1, 0.15) is 11.6 Å². The minimum absolute atomic E-state index is 0.0310. The Balaban J connectivity index is 1.81. The van der Waals surface area contributed by atoms with E-state index in [-0.39, 0.29) is 17.9 Å². The summed E-state index contributed by atoms with van der Waals surface area (Å²) in [7, 11) is 0. The molecule has 0 radical (unpaired) electrons. The number of piperazine rings is 1. The van der Waals surface area contributed by atoms with Gasteiger partial charge in [0.15, 0.2) is 5.65 Å². The van der Waals surface area contributed by atoms with E-state index in [1.165, 1.54) is 16.7 Å². The van der Waals surface area contributed by atoms with Crippen molar-refractivity contribution in [3.8, 4) is 16.9 Å². The Bertz CT molecular complexity index is 1700. The zero-order chi connectivity index (χ0) is 28.7. The lowest BCUT2D eigenvalue weighted by atomic mass is 10.0. The second-order valence-corrected chi connectivity index (χ2v) is 10.6. The average molecular weight is 541 g/mol. The molecule has 1 amide bonds. The molecule has 1 aliphatic rings. The molecule has 1 fully saturated rings. The fraction of sp³-hybridized carbons (Fsp3) is 0.323. The number of pyridine rings is 2. The molecule has 1 aliphatic heterocycles. The van der Waals surface area contributed by atoms with E-state index in [0.29, 0.717) is 53.4 Å². The Morgan fingerprint density at radius 2 is 1.88 bits per heavy atom. The Morgan fingerprint density at radius 3 is 2.55 bits per heavy atom. The Labute approximate surface area is 232 Å². The molecule has 0 unspecified atom stereocenters. The average Bonchev–Trinajstić information content (AvgIpc) is 2.93. The van der Waals surface area contributed by atoms with Crippen molar-refractivity contribution in [2.75, 3.05) is 24.5 Å². The van der Waals surface area contributed by atoms with Crippen LogP contribution in [0.25, 0.3) is 28.0 Å². The fourth-order valence-corrected chi connectivity index (χ4v) is 5.46. The van der Waals surface area contributed by atoms with Crippen LogP contribution >= 0.6 is 0 Å². The summed E-state index contributed by atoms with van der Waals surface area (Å²) in [5.41, 5.74) is 3.70. The number of rotatable bonds is 5. The van der Waals surface area contributed by atoms with Crippen molar-refractivity contribution < 1.29 is 9.18 Å². The summed E-state index contributed by atoms with van der Waals surface area (Å²) in [4.78, 5) is 44.2. The summed E-state index contributed by atoms with van der Waals surface area (Å²) in [5, 5.41) is 0.672. The van der Waals surface area contributed by atoms with Crippen LogP contribution in [0.2, 0.25) is 0 Å². The quantitative estimate of drug-likeness (QED) is 0.333. The van der Waals surface area contributed by atoms with Crippen LogP contribution < -0.4 is 10.6 Å². The van der Waals surface area contributed by atoms with Crippen molar-refractivity contribution >= 4 is 22.8 Å². The number of nitrogens with zero attached hydrogens (tertiary/aromatic N) is 6. The molecule has 4 heterocycles. The zero-order valence-corrected chi connectivity index (χ0v) is 23.5. The number of hydrogen-bond donors (Lipinski definition) is 0. The molecule has 1 atom stereocenters. The largest absolute Gasteiger partial charge is 0.355 e. The van der Waals surface area contributed by atoms with Crippen LogP contribution in [0.4, 0.5) is 10.2 Å². The van der Waals surface area contributed by atoms with E-state index in [9.17, 15) is 14.0 Å². The molecule has 0 spiro atoms. The van der Waals surface area contributed by atoms with Crippen molar-refractivity contribution in [1.29, 1.82) is 0 Å². The van der Waals surface area contributed by atoms with Gasteiger partial charge in [-0.05, 0) is 68.2 Å². The second-order valence-electron chi connectivity index (χ2n) is 10.6. The minimum atomic E-state index is -0.492. The van der Waals surface area contributed by atoms with Crippen molar-refractivity contribution in [1.82, 2.24) is 24.4 Å². The molecular weight excluding hydrogens is 507 g/mol. The predicted octanol–water partition coefficient (Wildman–Crippen LogP) is 4.95. The van der Waals surface area contributed by atoms with Gasteiger partial charge >= 0.3 is 5.69 Å². The molecule has 9 heteroatoms. The number of amides is 1. The van der Waals surface area contributed by atoms with E-state index in [1.54, 1.807) is 29.3 Å². The standard InChI is InChI=1S/C31H33FN6O2/c1-7-25(39)36-14-15-37(21(6)17-36)29-23-16-20(5)27(22-10-8-9-11-24(22)32)34-30(23)38(31(40)35-29)28-19(4)12-13-33-26(28)18(2)3/h7-13,16,18,21H,1,14-15,17H2,2-6H3/t21-/m0/s1. The third kappa shape index (κ3) is 4.65. The first kappa shape index (κ1) is 27.2. The van der Waals surface area contributed by atoms with E-state index < -0.39 is 11.5 Å². The van der Waals surface area contributed by atoms with Crippen LogP contribution in [0.3, 0.4) is 0 Å². The van der Waals surface area contributed by atoms with Gasteiger partial charge in [-0.2, -0.15) is 4.98 Å². The van der Waals surface area contributed by atoms with Gasteiger partial charge in [-0.1, -0.05) is 32.6 Å². The first-order chi connectivity index (χ1) is 19.1. The summed E-state index contributed by atoms with van der Waals surface area (Å²) in [6.45, 7) is 14.9. The molecule has 0 N–H and O–H groups in total. The smallest absolute Gasteiger partial charge is 0.350 e.